The highest BCUT2D eigenvalue weighted by atomic mass is 32.1. The van der Waals surface area contributed by atoms with Gasteiger partial charge in [-0.3, -0.25) is 4.79 Å². The first-order valence-electron chi connectivity index (χ1n) is 7.54. The van der Waals surface area contributed by atoms with Crippen LogP contribution in [0.5, 0.6) is 0 Å². The Balaban J connectivity index is 1.67. The van der Waals surface area contributed by atoms with Gasteiger partial charge in [0.1, 0.15) is 5.01 Å². The Morgan fingerprint density at radius 2 is 1.86 bits per heavy atom. The number of rotatable bonds is 2. The van der Waals surface area contributed by atoms with Crippen LogP contribution < -0.4 is 0 Å². The topological polar surface area (TPSA) is 33.2 Å². The highest BCUT2D eigenvalue weighted by Crippen LogP contribution is 2.37. The first-order valence-corrected chi connectivity index (χ1v) is 8.36. The van der Waals surface area contributed by atoms with E-state index in [4.69, 9.17) is 4.98 Å². The molecule has 1 unspecified atom stereocenters. The van der Waals surface area contributed by atoms with Crippen molar-refractivity contribution in [3.05, 3.63) is 65.2 Å². The molecule has 2 heterocycles. The Labute approximate surface area is 133 Å². The van der Waals surface area contributed by atoms with Crippen LogP contribution in [0.15, 0.2) is 54.6 Å². The monoisotopic (exact) mass is 308 g/mol. The second kappa shape index (κ2) is 5.54. The number of thiazole rings is 1. The van der Waals surface area contributed by atoms with Crippen LogP contribution in [0.4, 0.5) is 0 Å². The molecular weight excluding hydrogens is 292 g/mol. The Hall–Kier alpha value is -2.20. The number of likely N-dealkylation sites (tertiary alicyclic amines) is 1. The van der Waals surface area contributed by atoms with Gasteiger partial charge in [-0.1, -0.05) is 30.3 Å². The predicted octanol–water partition coefficient (Wildman–Crippen LogP) is 4.27. The van der Waals surface area contributed by atoms with E-state index in [0.717, 1.165) is 35.5 Å². The SMILES string of the molecule is O=C(c1ccccc1)N1CCCC1c1nc2ccccc2s1. The third kappa shape index (κ3) is 2.29. The van der Waals surface area contributed by atoms with E-state index in [9.17, 15) is 4.79 Å². The molecule has 3 nitrogen and oxygen atoms in total. The summed E-state index contributed by atoms with van der Waals surface area (Å²) >= 11 is 1.71. The zero-order valence-corrected chi connectivity index (χ0v) is 12.9. The molecule has 1 fully saturated rings. The standard InChI is InChI=1S/C18H16N2OS/c21-18(13-7-2-1-3-8-13)20-12-6-10-15(20)17-19-14-9-4-5-11-16(14)22-17/h1-5,7-9,11,15H,6,10,12H2. The molecule has 0 radical (unpaired) electrons. The van der Waals surface area contributed by atoms with Crippen molar-refractivity contribution in [2.75, 3.05) is 6.54 Å². The van der Waals surface area contributed by atoms with Crippen molar-refractivity contribution in [2.45, 2.75) is 18.9 Å². The molecule has 0 spiro atoms. The molecule has 1 saturated heterocycles. The van der Waals surface area contributed by atoms with Gasteiger partial charge in [0.15, 0.2) is 0 Å². The van der Waals surface area contributed by atoms with E-state index in [1.54, 1.807) is 11.3 Å². The third-order valence-electron chi connectivity index (χ3n) is 4.13. The normalized spacial score (nSPS) is 18.0. The summed E-state index contributed by atoms with van der Waals surface area (Å²) in [5.41, 5.74) is 1.79. The average molecular weight is 308 g/mol. The summed E-state index contributed by atoms with van der Waals surface area (Å²) in [5, 5.41) is 1.06. The Kier molecular flexibility index (Phi) is 3.39. The van der Waals surface area contributed by atoms with E-state index in [-0.39, 0.29) is 11.9 Å². The quantitative estimate of drug-likeness (QED) is 0.708. The molecule has 1 atom stereocenters. The van der Waals surface area contributed by atoms with E-state index in [1.807, 2.05) is 53.4 Å². The van der Waals surface area contributed by atoms with Crippen LogP contribution in [0, 0.1) is 0 Å². The van der Waals surface area contributed by atoms with Crippen LogP contribution in [0.3, 0.4) is 0 Å². The number of benzene rings is 2. The summed E-state index contributed by atoms with van der Waals surface area (Å²) < 4.78 is 1.19. The summed E-state index contributed by atoms with van der Waals surface area (Å²) in [4.78, 5) is 19.5. The number of para-hydroxylation sites is 1. The van der Waals surface area contributed by atoms with E-state index in [0.29, 0.717) is 0 Å². The number of amides is 1. The van der Waals surface area contributed by atoms with Crippen LogP contribution >= 0.6 is 11.3 Å². The van der Waals surface area contributed by atoms with Crippen LogP contribution in [0.25, 0.3) is 10.2 Å². The fourth-order valence-electron chi connectivity index (χ4n) is 3.05. The van der Waals surface area contributed by atoms with Crippen molar-refractivity contribution in [2.24, 2.45) is 0 Å². The van der Waals surface area contributed by atoms with E-state index in [1.165, 1.54) is 4.70 Å². The number of hydrogen-bond acceptors (Lipinski definition) is 3. The Bertz CT molecular complexity index is 779. The number of hydrogen-bond donors (Lipinski definition) is 0. The zero-order valence-electron chi connectivity index (χ0n) is 12.1. The van der Waals surface area contributed by atoms with Crippen LogP contribution in [0.2, 0.25) is 0 Å². The maximum absolute atomic E-state index is 12.7. The number of carbonyl (C=O) groups excluding carboxylic acids is 1. The molecule has 2 aromatic carbocycles. The second-order valence-corrected chi connectivity index (χ2v) is 6.60. The molecule has 4 heteroatoms. The fourth-order valence-corrected chi connectivity index (χ4v) is 4.16. The number of carbonyl (C=O) groups is 1. The molecule has 0 N–H and O–H groups in total. The van der Waals surface area contributed by atoms with Gasteiger partial charge in [0.2, 0.25) is 0 Å². The molecule has 110 valence electrons. The molecule has 3 aromatic rings. The van der Waals surface area contributed by atoms with Gasteiger partial charge in [-0.15, -0.1) is 11.3 Å². The number of aromatic nitrogens is 1. The Morgan fingerprint density at radius 1 is 1.09 bits per heavy atom. The van der Waals surface area contributed by atoms with Gasteiger partial charge in [-0.2, -0.15) is 0 Å². The summed E-state index contributed by atoms with van der Waals surface area (Å²) in [7, 11) is 0. The van der Waals surface area contributed by atoms with E-state index >= 15 is 0 Å². The van der Waals surface area contributed by atoms with Gasteiger partial charge < -0.3 is 4.90 Å². The van der Waals surface area contributed by atoms with E-state index in [2.05, 4.69) is 6.07 Å². The molecule has 1 aliphatic rings. The lowest BCUT2D eigenvalue weighted by molar-refractivity contribution is 0.0735. The molecule has 4 rings (SSSR count). The summed E-state index contributed by atoms with van der Waals surface area (Å²) in [6.07, 6.45) is 2.04. The van der Waals surface area contributed by atoms with E-state index < -0.39 is 0 Å². The minimum atomic E-state index is 0.113. The minimum Gasteiger partial charge on any atom is -0.329 e. The Morgan fingerprint density at radius 3 is 2.68 bits per heavy atom. The van der Waals surface area contributed by atoms with Gasteiger partial charge >= 0.3 is 0 Å². The summed E-state index contributed by atoms with van der Waals surface area (Å²) in [5.74, 6) is 0.113. The highest BCUT2D eigenvalue weighted by Gasteiger charge is 2.32. The summed E-state index contributed by atoms with van der Waals surface area (Å²) in [6, 6.07) is 17.8. The molecular formula is C18H16N2OS. The third-order valence-corrected chi connectivity index (χ3v) is 5.27. The molecule has 22 heavy (non-hydrogen) atoms. The molecule has 1 amide bonds. The predicted molar refractivity (Wildman–Crippen MR) is 89.1 cm³/mol. The molecule has 1 aliphatic heterocycles. The molecule has 1 aromatic heterocycles. The van der Waals surface area contributed by atoms with Crippen molar-refractivity contribution in [3.63, 3.8) is 0 Å². The molecule has 0 saturated carbocycles. The number of nitrogens with zero attached hydrogens (tertiary/aromatic N) is 2. The lowest BCUT2D eigenvalue weighted by atomic mass is 10.1. The maximum atomic E-state index is 12.7. The lowest BCUT2D eigenvalue weighted by Gasteiger charge is -2.23. The fraction of sp³-hybridized carbons (Fsp3) is 0.222. The van der Waals surface area contributed by atoms with Crippen molar-refractivity contribution < 1.29 is 4.79 Å². The zero-order chi connectivity index (χ0) is 14.9. The van der Waals surface area contributed by atoms with Gasteiger partial charge in [-0.05, 0) is 37.1 Å². The average Bonchev–Trinajstić information content (AvgIpc) is 3.21. The minimum absolute atomic E-state index is 0.113. The lowest BCUT2D eigenvalue weighted by Crippen LogP contribution is -2.30. The van der Waals surface area contributed by atoms with Gasteiger partial charge in [-0.25, -0.2) is 4.98 Å². The summed E-state index contributed by atoms with van der Waals surface area (Å²) in [6.45, 7) is 0.814. The van der Waals surface area contributed by atoms with Crippen LogP contribution in [0.1, 0.15) is 34.2 Å². The maximum Gasteiger partial charge on any atom is 0.254 e. The first-order chi connectivity index (χ1) is 10.8. The van der Waals surface area contributed by atoms with Crippen molar-refractivity contribution >= 4 is 27.5 Å². The van der Waals surface area contributed by atoms with Crippen molar-refractivity contribution in [1.82, 2.24) is 9.88 Å². The smallest absolute Gasteiger partial charge is 0.254 e. The van der Waals surface area contributed by atoms with Crippen molar-refractivity contribution in [1.29, 1.82) is 0 Å². The first kappa shape index (κ1) is 13.5. The molecule has 0 aliphatic carbocycles. The van der Waals surface area contributed by atoms with Gasteiger partial charge in [0, 0.05) is 12.1 Å². The van der Waals surface area contributed by atoms with Crippen LogP contribution in [-0.4, -0.2) is 22.3 Å². The van der Waals surface area contributed by atoms with Crippen LogP contribution in [-0.2, 0) is 0 Å². The highest BCUT2D eigenvalue weighted by molar-refractivity contribution is 7.18. The second-order valence-electron chi connectivity index (χ2n) is 5.54. The van der Waals surface area contributed by atoms with Gasteiger partial charge in [0.05, 0.1) is 16.3 Å². The van der Waals surface area contributed by atoms with Gasteiger partial charge in [0.25, 0.3) is 5.91 Å². The molecule has 0 bridgehead atoms. The van der Waals surface area contributed by atoms with Crippen molar-refractivity contribution in [3.8, 4) is 0 Å². The largest absolute Gasteiger partial charge is 0.329 e. The number of fused-ring (bicyclic) bond motifs is 1.